The zero-order valence-corrected chi connectivity index (χ0v) is 12.7. The van der Waals surface area contributed by atoms with Gasteiger partial charge in [-0.25, -0.2) is 0 Å². The van der Waals surface area contributed by atoms with Gasteiger partial charge in [0.15, 0.2) is 0 Å². The summed E-state index contributed by atoms with van der Waals surface area (Å²) in [5, 5.41) is 11.6. The zero-order valence-electron chi connectivity index (χ0n) is 9.55. The van der Waals surface area contributed by atoms with Gasteiger partial charge in [-0.15, -0.1) is 0 Å². The third-order valence-electron chi connectivity index (χ3n) is 2.17. The highest BCUT2D eigenvalue weighted by Gasteiger charge is 2.19. The van der Waals surface area contributed by atoms with Crippen LogP contribution in [0.25, 0.3) is 0 Å². The van der Waals surface area contributed by atoms with Crippen molar-refractivity contribution in [2.24, 2.45) is 5.41 Å². The van der Waals surface area contributed by atoms with E-state index in [-0.39, 0.29) is 5.91 Å². The average molecular weight is 360 g/mol. The Kier molecular flexibility index (Phi) is 4.72. The number of rotatable bonds is 3. The summed E-state index contributed by atoms with van der Waals surface area (Å²) in [5.41, 5.74) is -0.000684. The van der Waals surface area contributed by atoms with Crippen LogP contribution in [0.3, 0.4) is 0 Å². The predicted octanol–water partition coefficient (Wildman–Crippen LogP) is 3.49. The highest BCUT2D eigenvalue weighted by atomic mass is 79.9. The van der Waals surface area contributed by atoms with Gasteiger partial charge < -0.3 is 5.32 Å². The van der Waals surface area contributed by atoms with Crippen molar-refractivity contribution in [3.8, 4) is 6.07 Å². The lowest BCUT2D eigenvalue weighted by Crippen LogP contribution is -2.33. The Morgan fingerprint density at radius 1 is 1.47 bits per heavy atom. The first kappa shape index (κ1) is 14.2. The topological polar surface area (TPSA) is 52.9 Å². The molecule has 0 fully saturated rings. The number of hydrogen-bond acceptors (Lipinski definition) is 2. The minimum Gasteiger partial charge on any atom is -0.350 e. The van der Waals surface area contributed by atoms with E-state index in [0.29, 0.717) is 12.1 Å². The van der Waals surface area contributed by atoms with E-state index in [2.05, 4.69) is 43.2 Å². The largest absolute Gasteiger partial charge is 0.350 e. The molecule has 0 aliphatic rings. The van der Waals surface area contributed by atoms with Crippen LogP contribution in [0.2, 0.25) is 0 Å². The summed E-state index contributed by atoms with van der Waals surface area (Å²) >= 11 is 6.65. The molecule has 90 valence electrons. The molecule has 1 aromatic carbocycles. The van der Waals surface area contributed by atoms with Crippen LogP contribution in [0.1, 0.15) is 24.2 Å². The normalized spacial score (nSPS) is 10.8. The summed E-state index contributed by atoms with van der Waals surface area (Å²) in [5.74, 6) is -0.187. The molecule has 1 aromatic rings. The molecule has 1 amide bonds. The third-order valence-corrected chi connectivity index (χ3v) is 3.32. The van der Waals surface area contributed by atoms with Crippen molar-refractivity contribution in [1.29, 1.82) is 5.26 Å². The molecule has 0 saturated heterocycles. The van der Waals surface area contributed by atoms with Gasteiger partial charge in [0.05, 0.1) is 17.0 Å². The van der Waals surface area contributed by atoms with E-state index < -0.39 is 5.41 Å². The lowest BCUT2D eigenvalue weighted by Gasteiger charge is -2.16. The summed E-state index contributed by atoms with van der Waals surface area (Å²) in [6.45, 7) is 3.89. The molecule has 0 atom stereocenters. The number of nitrogens with zero attached hydrogens (tertiary/aromatic N) is 1. The van der Waals surface area contributed by atoms with Crippen molar-refractivity contribution in [2.75, 3.05) is 6.54 Å². The molecule has 1 N–H and O–H groups in total. The van der Waals surface area contributed by atoms with Gasteiger partial charge in [-0.05, 0) is 48.0 Å². The van der Waals surface area contributed by atoms with Gasteiger partial charge in [0.25, 0.3) is 5.91 Å². The molecule has 17 heavy (non-hydrogen) atoms. The van der Waals surface area contributed by atoms with E-state index in [1.54, 1.807) is 26.0 Å². The van der Waals surface area contributed by atoms with Crippen LogP contribution < -0.4 is 5.32 Å². The lowest BCUT2D eigenvalue weighted by molar-refractivity contribution is 0.0943. The molecule has 0 aliphatic heterocycles. The van der Waals surface area contributed by atoms with E-state index >= 15 is 0 Å². The second-order valence-electron chi connectivity index (χ2n) is 4.30. The molecule has 0 aliphatic carbocycles. The number of nitriles is 1. The van der Waals surface area contributed by atoms with Gasteiger partial charge in [0.2, 0.25) is 0 Å². The number of halogens is 2. The Balaban J connectivity index is 2.75. The van der Waals surface area contributed by atoms with E-state index in [4.69, 9.17) is 5.26 Å². The molecule has 0 saturated carbocycles. The van der Waals surface area contributed by atoms with Crippen molar-refractivity contribution in [1.82, 2.24) is 5.32 Å². The molecule has 0 bridgehead atoms. The van der Waals surface area contributed by atoms with Crippen LogP contribution in [-0.4, -0.2) is 12.5 Å². The SMILES string of the molecule is CC(C)(C#N)CNC(=O)c1ccc(Br)cc1Br. The number of nitrogens with one attached hydrogen (secondary N) is 1. The van der Waals surface area contributed by atoms with E-state index in [1.807, 2.05) is 6.07 Å². The van der Waals surface area contributed by atoms with Crippen LogP contribution in [0.5, 0.6) is 0 Å². The van der Waals surface area contributed by atoms with Crippen LogP contribution in [0, 0.1) is 16.7 Å². The van der Waals surface area contributed by atoms with Gasteiger partial charge in [-0.2, -0.15) is 5.26 Å². The number of amides is 1. The number of hydrogen-bond donors (Lipinski definition) is 1. The first-order chi connectivity index (χ1) is 7.85. The minimum absolute atomic E-state index is 0.187. The fourth-order valence-electron chi connectivity index (χ4n) is 1.11. The molecule has 1 rings (SSSR count). The Labute approximate surface area is 117 Å². The summed E-state index contributed by atoms with van der Waals surface area (Å²) in [7, 11) is 0. The van der Waals surface area contributed by atoms with E-state index in [9.17, 15) is 4.79 Å². The molecule has 0 heterocycles. The average Bonchev–Trinajstić information content (AvgIpc) is 2.26. The smallest absolute Gasteiger partial charge is 0.252 e. The van der Waals surface area contributed by atoms with Gasteiger partial charge in [0.1, 0.15) is 0 Å². The van der Waals surface area contributed by atoms with Gasteiger partial charge in [-0.3, -0.25) is 4.79 Å². The highest BCUT2D eigenvalue weighted by molar-refractivity contribution is 9.11. The maximum absolute atomic E-state index is 11.9. The van der Waals surface area contributed by atoms with Crippen molar-refractivity contribution in [3.05, 3.63) is 32.7 Å². The summed E-state index contributed by atoms with van der Waals surface area (Å²) < 4.78 is 1.62. The van der Waals surface area contributed by atoms with E-state index in [1.165, 1.54) is 0 Å². The molecular formula is C12H12Br2N2O. The molecule has 3 nitrogen and oxygen atoms in total. The van der Waals surface area contributed by atoms with E-state index in [0.717, 1.165) is 8.95 Å². The second kappa shape index (κ2) is 5.65. The second-order valence-corrected chi connectivity index (χ2v) is 6.07. The molecule has 0 spiro atoms. The Hall–Kier alpha value is -0.860. The van der Waals surface area contributed by atoms with Crippen molar-refractivity contribution in [2.45, 2.75) is 13.8 Å². The third kappa shape index (κ3) is 4.14. The first-order valence-electron chi connectivity index (χ1n) is 5.00. The molecule has 0 radical (unpaired) electrons. The molecular weight excluding hydrogens is 348 g/mol. The molecule has 0 unspecified atom stereocenters. The van der Waals surface area contributed by atoms with Crippen molar-refractivity contribution in [3.63, 3.8) is 0 Å². The Morgan fingerprint density at radius 3 is 2.65 bits per heavy atom. The van der Waals surface area contributed by atoms with Crippen molar-refractivity contribution >= 4 is 37.8 Å². The maximum atomic E-state index is 11.9. The van der Waals surface area contributed by atoms with Crippen LogP contribution in [-0.2, 0) is 0 Å². The quantitative estimate of drug-likeness (QED) is 0.897. The standard InChI is InChI=1S/C12H12Br2N2O/c1-12(2,6-15)7-16-11(17)9-4-3-8(13)5-10(9)14/h3-5H,7H2,1-2H3,(H,16,17). The summed E-state index contributed by atoms with van der Waals surface area (Å²) in [6.07, 6.45) is 0. The van der Waals surface area contributed by atoms with Crippen LogP contribution >= 0.6 is 31.9 Å². The van der Waals surface area contributed by atoms with Crippen LogP contribution in [0.4, 0.5) is 0 Å². The first-order valence-corrected chi connectivity index (χ1v) is 6.59. The zero-order chi connectivity index (χ0) is 13.1. The maximum Gasteiger partial charge on any atom is 0.252 e. The Morgan fingerprint density at radius 2 is 2.12 bits per heavy atom. The van der Waals surface area contributed by atoms with Gasteiger partial charge >= 0.3 is 0 Å². The lowest BCUT2D eigenvalue weighted by atomic mass is 9.96. The minimum atomic E-state index is -0.558. The number of carbonyl (C=O) groups is 1. The summed E-state index contributed by atoms with van der Waals surface area (Å²) in [6, 6.07) is 7.47. The van der Waals surface area contributed by atoms with Gasteiger partial charge in [0, 0.05) is 15.5 Å². The Bertz CT molecular complexity index is 478. The summed E-state index contributed by atoms with van der Waals surface area (Å²) in [4.78, 5) is 11.9. The molecule has 5 heteroatoms. The van der Waals surface area contributed by atoms with Gasteiger partial charge in [-0.1, -0.05) is 15.9 Å². The predicted molar refractivity (Wildman–Crippen MR) is 73.6 cm³/mol. The highest BCUT2D eigenvalue weighted by Crippen LogP contribution is 2.22. The fraction of sp³-hybridized carbons (Fsp3) is 0.333. The monoisotopic (exact) mass is 358 g/mol. The molecule has 0 aromatic heterocycles. The fourth-order valence-corrected chi connectivity index (χ4v) is 2.34. The van der Waals surface area contributed by atoms with Crippen LogP contribution in [0.15, 0.2) is 27.1 Å². The number of benzene rings is 1. The van der Waals surface area contributed by atoms with Crippen molar-refractivity contribution < 1.29 is 4.79 Å². The number of carbonyl (C=O) groups excluding carboxylic acids is 1.